The lowest BCUT2D eigenvalue weighted by Crippen LogP contribution is -2.45. The Morgan fingerprint density at radius 2 is 1.74 bits per heavy atom. The van der Waals surface area contributed by atoms with Gasteiger partial charge in [-0.2, -0.15) is 0 Å². The van der Waals surface area contributed by atoms with Crippen molar-refractivity contribution in [2.45, 2.75) is 42.2 Å². The minimum absolute atomic E-state index is 0.0396. The molecule has 1 fully saturated rings. The molecule has 10 heteroatoms. The first kappa shape index (κ1) is 26.0. The Balaban J connectivity index is 1.63. The summed E-state index contributed by atoms with van der Waals surface area (Å²) in [6.07, 6.45) is 3.24. The summed E-state index contributed by atoms with van der Waals surface area (Å²) in [7, 11) is -4.06. The second-order valence-electron chi connectivity index (χ2n) is 9.97. The molecule has 0 spiro atoms. The fourth-order valence-electron chi connectivity index (χ4n) is 4.53. The lowest BCUT2D eigenvalue weighted by Gasteiger charge is -2.29. The van der Waals surface area contributed by atoms with Crippen molar-refractivity contribution in [3.63, 3.8) is 0 Å². The van der Waals surface area contributed by atoms with Crippen molar-refractivity contribution in [2.75, 3.05) is 10.1 Å². The van der Waals surface area contributed by atoms with Crippen LogP contribution in [0.3, 0.4) is 0 Å². The number of carbonyl (C=O) groups is 2. The van der Waals surface area contributed by atoms with Crippen molar-refractivity contribution in [2.24, 2.45) is 5.92 Å². The molecule has 1 aliphatic heterocycles. The van der Waals surface area contributed by atoms with Crippen molar-refractivity contribution in [3.05, 3.63) is 84.8 Å². The van der Waals surface area contributed by atoms with E-state index in [4.69, 9.17) is 4.74 Å². The number of esters is 1. The van der Waals surface area contributed by atoms with Gasteiger partial charge >= 0.3 is 5.97 Å². The van der Waals surface area contributed by atoms with Gasteiger partial charge in [0.2, 0.25) is 9.84 Å². The largest absolute Gasteiger partial charge is 0.458 e. The first-order chi connectivity index (χ1) is 18.1. The zero-order valence-corrected chi connectivity index (χ0v) is 22.8. The molecular weight excluding hydrogens is 522 g/mol. The Kier molecular flexibility index (Phi) is 6.79. The number of carbonyl (C=O) groups excluding carboxylic acids is 2. The fourth-order valence-corrected chi connectivity index (χ4v) is 7.47. The Hall–Kier alpha value is -3.63. The maximum atomic E-state index is 14.2. The number of anilines is 1. The fraction of sp³-hybridized carbons (Fsp3) is 0.250. The van der Waals surface area contributed by atoms with Gasteiger partial charge in [-0.1, -0.05) is 36.4 Å². The van der Waals surface area contributed by atoms with Crippen LogP contribution in [-0.4, -0.2) is 47.5 Å². The number of nitrogens with one attached hydrogen (secondary N) is 1. The van der Waals surface area contributed by atoms with E-state index in [0.29, 0.717) is 16.6 Å². The van der Waals surface area contributed by atoms with Gasteiger partial charge in [-0.15, -0.1) is 0 Å². The zero-order chi connectivity index (χ0) is 27.1. The number of hydrogen-bond donors (Lipinski definition) is 1. The number of fused-ring (bicyclic) bond motifs is 1. The van der Waals surface area contributed by atoms with Crippen molar-refractivity contribution < 1.29 is 22.7 Å². The van der Waals surface area contributed by atoms with Gasteiger partial charge in [-0.25, -0.2) is 13.2 Å². The number of benzene rings is 2. The van der Waals surface area contributed by atoms with Gasteiger partial charge in [0, 0.05) is 22.9 Å². The number of rotatable bonds is 6. The maximum Gasteiger partial charge on any atom is 0.331 e. The van der Waals surface area contributed by atoms with Crippen LogP contribution in [0.2, 0.25) is 0 Å². The average molecular weight is 550 g/mol. The third kappa shape index (κ3) is 4.81. The number of Topliss-reactive ketones (excluding diaryl/α,β-unsaturated/α-hetero) is 1. The number of aromatic nitrogens is 2. The lowest BCUT2D eigenvalue weighted by atomic mass is 9.94. The van der Waals surface area contributed by atoms with Crippen LogP contribution in [0, 0.1) is 5.92 Å². The number of H-pyrrole nitrogens is 1. The molecule has 1 saturated heterocycles. The molecule has 2 aromatic carbocycles. The smallest absolute Gasteiger partial charge is 0.331 e. The molecule has 2 unspecified atom stereocenters. The number of sulfone groups is 1. The van der Waals surface area contributed by atoms with E-state index in [1.165, 1.54) is 24.1 Å². The van der Waals surface area contributed by atoms with Crippen molar-refractivity contribution in [1.29, 1.82) is 0 Å². The molecule has 8 nitrogen and oxygen atoms in total. The molecule has 0 aliphatic carbocycles. The Morgan fingerprint density at radius 3 is 2.42 bits per heavy atom. The first-order valence-corrected chi connectivity index (χ1v) is 14.5. The van der Waals surface area contributed by atoms with Gasteiger partial charge in [0.05, 0.1) is 22.7 Å². The van der Waals surface area contributed by atoms with Gasteiger partial charge in [-0.3, -0.25) is 14.1 Å². The highest BCUT2D eigenvalue weighted by Gasteiger charge is 2.48. The van der Waals surface area contributed by atoms with Gasteiger partial charge in [0.15, 0.2) is 5.78 Å². The summed E-state index contributed by atoms with van der Waals surface area (Å²) in [4.78, 5) is 34.9. The molecule has 38 heavy (non-hydrogen) atoms. The standard InChI is InChI=1S/C28H27N3O5S2/c1-28(2,3)36-27(33)24-21(17-37-31(24)18-10-9-15-29-16-18)25(32)23-26(20-13-7-8-14-22(20)30-23)38(34,35)19-11-5-4-6-12-19/h4-16,21,24,30H,17H2,1-3H3. The van der Waals surface area contributed by atoms with Crippen LogP contribution < -0.4 is 4.31 Å². The Morgan fingerprint density at radius 1 is 1.03 bits per heavy atom. The highest BCUT2D eigenvalue weighted by molar-refractivity contribution is 8.01. The molecule has 0 bridgehead atoms. The number of pyridine rings is 1. The number of nitrogens with zero attached hydrogens (tertiary/aromatic N) is 2. The van der Waals surface area contributed by atoms with E-state index >= 15 is 0 Å². The zero-order valence-electron chi connectivity index (χ0n) is 21.1. The normalized spacial score (nSPS) is 18.0. The van der Waals surface area contributed by atoms with Crippen LogP contribution in [0.5, 0.6) is 0 Å². The average Bonchev–Trinajstić information content (AvgIpc) is 3.51. The molecule has 0 saturated carbocycles. The summed E-state index contributed by atoms with van der Waals surface area (Å²) in [6.45, 7) is 5.29. The lowest BCUT2D eigenvalue weighted by molar-refractivity contribution is -0.156. The minimum Gasteiger partial charge on any atom is -0.458 e. The van der Waals surface area contributed by atoms with Crippen molar-refractivity contribution in [1.82, 2.24) is 9.97 Å². The topological polar surface area (TPSA) is 109 Å². The van der Waals surface area contributed by atoms with E-state index in [1.807, 2.05) is 0 Å². The summed E-state index contributed by atoms with van der Waals surface area (Å²) in [5.74, 6) is -1.63. The molecule has 0 radical (unpaired) electrons. The molecule has 2 atom stereocenters. The third-order valence-corrected chi connectivity index (χ3v) is 9.22. The molecule has 4 aromatic rings. The molecule has 196 valence electrons. The number of hydrogen-bond acceptors (Lipinski definition) is 8. The quantitative estimate of drug-likeness (QED) is 0.202. The highest BCUT2D eigenvalue weighted by atomic mass is 32.2. The van der Waals surface area contributed by atoms with E-state index in [0.717, 1.165) is 0 Å². The van der Waals surface area contributed by atoms with Crippen LogP contribution in [0.4, 0.5) is 5.69 Å². The van der Waals surface area contributed by atoms with E-state index in [9.17, 15) is 18.0 Å². The van der Waals surface area contributed by atoms with Crippen molar-refractivity contribution >= 4 is 50.1 Å². The van der Waals surface area contributed by atoms with Crippen LogP contribution in [0.25, 0.3) is 10.9 Å². The monoisotopic (exact) mass is 549 g/mol. The Labute approximate surface area is 225 Å². The molecule has 1 N–H and O–H groups in total. The van der Waals surface area contributed by atoms with Crippen molar-refractivity contribution in [3.8, 4) is 0 Å². The maximum absolute atomic E-state index is 14.2. The summed E-state index contributed by atoms with van der Waals surface area (Å²) < 4.78 is 35.2. The SMILES string of the molecule is CC(C)(C)OC(=O)C1C(C(=O)c2[nH]c3ccccc3c2S(=O)(=O)c2ccccc2)CSN1c1cccnc1. The molecule has 5 rings (SSSR count). The van der Waals surface area contributed by atoms with Crippen LogP contribution in [-0.2, 0) is 19.4 Å². The summed E-state index contributed by atoms with van der Waals surface area (Å²) >= 11 is 1.31. The third-order valence-electron chi connectivity index (χ3n) is 6.14. The minimum atomic E-state index is -4.06. The summed E-state index contributed by atoms with van der Waals surface area (Å²) in [5, 5.41) is 0.420. The number of ether oxygens (including phenoxy) is 1. The van der Waals surface area contributed by atoms with E-state index < -0.39 is 39.2 Å². The molecule has 3 heterocycles. The molecule has 2 aromatic heterocycles. The summed E-state index contributed by atoms with van der Waals surface area (Å²) in [6, 6.07) is 17.5. The van der Waals surface area contributed by atoms with Crippen LogP contribution in [0.1, 0.15) is 31.3 Å². The second-order valence-corrected chi connectivity index (χ2v) is 12.8. The van der Waals surface area contributed by atoms with E-state index in [1.54, 1.807) is 92.1 Å². The Bertz CT molecular complexity index is 1600. The first-order valence-electron chi connectivity index (χ1n) is 12.1. The number of ketones is 1. The second kappa shape index (κ2) is 9.92. The predicted octanol–water partition coefficient (Wildman–Crippen LogP) is 5.07. The van der Waals surface area contributed by atoms with Gasteiger partial charge in [0.1, 0.15) is 22.2 Å². The van der Waals surface area contributed by atoms with Gasteiger partial charge in [0.25, 0.3) is 0 Å². The van der Waals surface area contributed by atoms with Crippen LogP contribution >= 0.6 is 11.9 Å². The highest BCUT2D eigenvalue weighted by Crippen LogP contribution is 2.41. The van der Waals surface area contributed by atoms with Gasteiger partial charge in [-0.05, 0) is 63.1 Å². The molecule has 1 aliphatic rings. The van der Waals surface area contributed by atoms with Gasteiger partial charge < -0.3 is 9.72 Å². The van der Waals surface area contributed by atoms with E-state index in [2.05, 4.69) is 9.97 Å². The summed E-state index contributed by atoms with van der Waals surface area (Å²) in [5.41, 5.74) is 0.357. The molecular formula is C28H27N3O5S2. The number of aromatic amines is 1. The van der Waals surface area contributed by atoms with E-state index in [-0.39, 0.29) is 21.2 Å². The molecule has 0 amide bonds. The number of para-hydroxylation sites is 1. The predicted molar refractivity (Wildman–Crippen MR) is 147 cm³/mol. The van der Waals surface area contributed by atoms with Crippen LogP contribution in [0.15, 0.2) is 88.9 Å².